The molecule has 5 heteroatoms. The number of amides is 1. The number of imidazole rings is 1. The van der Waals surface area contributed by atoms with Crippen LogP contribution in [-0.4, -0.2) is 15.5 Å². The molecule has 1 aliphatic rings. The van der Waals surface area contributed by atoms with E-state index in [1.807, 2.05) is 41.9 Å². The fraction of sp³-hybridized carbons (Fsp3) is 0.263. The molecule has 1 N–H and O–H groups in total. The quantitative estimate of drug-likeness (QED) is 0.802. The Kier molecular flexibility index (Phi) is 3.56. The topological polar surface area (TPSA) is 46.9 Å². The fourth-order valence-corrected chi connectivity index (χ4v) is 3.26. The molecule has 1 amide bonds. The van der Waals surface area contributed by atoms with Gasteiger partial charge in [-0.1, -0.05) is 30.3 Å². The summed E-state index contributed by atoms with van der Waals surface area (Å²) in [5.74, 6) is 0.402. The Balaban J connectivity index is 1.42. The molecular formula is C19H18FN3O. The van der Waals surface area contributed by atoms with E-state index in [4.69, 9.17) is 0 Å². The molecule has 1 saturated carbocycles. The van der Waals surface area contributed by atoms with Crippen LogP contribution in [0.3, 0.4) is 0 Å². The average Bonchev–Trinajstić information content (AvgIpc) is 3.32. The van der Waals surface area contributed by atoms with Crippen LogP contribution in [0.5, 0.6) is 0 Å². The number of carbonyl (C=O) groups is 1. The van der Waals surface area contributed by atoms with E-state index >= 15 is 0 Å². The number of nitrogens with zero attached hydrogens (tertiary/aromatic N) is 2. The molecule has 0 aliphatic heterocycles. The zero-order chi connectivity index (χ0) is 16.7. The van der Waals surface area contributed by atoms with E-state index in [1.54, 1.807) is 12.1 Å². The normalized spacial score (nSPS) is 19.4. The standard InChI is InChI=1S/C19H18FN3O/c1-23-17-9-5-4-8-16(17)22-18(23)11-21-19(24)14-10-13(14)12-6-2-3-7-15(12)20/h2-9,13-14H,10-11H2,1H3,(H,21,24). The summed E-state index contributed by atoms with van der Waals surface area (Å²) in [7, 11) is 1.94. The first-order valence-corrected chi connectivity index (χ1v) is 8.07. The lowest BCUT2D eigenvalue weighted by Gasteiger charge is -2.06. The molecule has 1 fully saturated rings. The number of benzene rings is 2. The Bertz CT molecular complexity index is 918. The summed E-state index contributed by atoms with van der Waals surface area (Å²) in [4.78, 5) is 16.9. The predicted molar refractivity (Wildman–Crippen MR) is 89.8 cm³/mol. The maximum absolute atomic E-state index is 13.8. The lowest BCUT2D eigenvalue weighted by atomic mass is 10.1. The van der Waals surface area contributed by atoms with Crippen LogP contribution >= 0.6 is 0 Å². The van der Waals surface area contributed by atoms with Gasteiger partial charge in [-0.2, -0.15) is 0 Å². The fourth-order valence-electron chi connectivity index (χ4n) is 3.26. The minimum Gasteiger partial charge on any atom is -0.349 e. The number of halogens is 1. The minimum atomic E-state index is -0.229. The summed E-state index contributed by atoms with van der Waals surface area (Å²) in [5.41, 5.74) is 2.60. The third-order valence-electron chi connectivity index (χ3n) is 4.73. The van der Waals surface area contributed by atoms with Gasteiger partial charge in [0.2, 0.25) is 5.91 Å². The van der Waals surface area contributed by atoms with Crippen molar-refractivity contribution in [2.75, 3.05) is 0 Å². The molecule has 24 heavy (non-hydrogen) atoms. The van der Waals surface area contributed by atoms with Gasteiger partial charge in [0.1, 0.15) is 11.6 Å². The van der Waals surface area contributed by atoms with Crippen LogP contribution in [0.4, 0.5) is 4.39 Å². The van der Waals surface area contributed by atoms with Crippen molar-refractivity contribution in [3.05, 3.63) is 65.7 Å². The average molecular weight is 323 g/mol. The highest BCUT2D eigenvalue weighted by atomic mass is 19.1. The van der Waals surface area contributed by atoms with Crippen molar-refractivity contribution >= 4 is 16.9 Å². The molecule has 0 saturated heterocycles. The number of hydrogen-bond acceptors (Lipinski definition) is 2. The first kappa shape index (κ1) is 14.9. The van der Waals surface area contributed by atoms with Crippen LogP contribution in [0.25, 0.3) is 11.0 Å². The highest BCUT2D eigenvalue weighted by Crippen LogP contribution is 2.48. The van der Waals surface area contributed by atoms with Crippen molar-refractivity contribution in [1.82, 2.24) is 14.9 Å². The molecule has 1 aromatic heterocycles. The number of nitrogens with one attached hydrogen (secondary N) is 1. The van der Waals surface area contributed by atoms with Gasteiger partial charge in [-0.15, -0.1) is 0 Å². The summed E-state index contributed by atoms with van der Waals surface area (Å²) in [6.45, 7) is 0.379. The van der Waals surface area contributed by atoms with E-state index < -0.39 is 0 Å². The number of carbonyl (C=O) groups excluding carboxylic acids is 1. The number of aryl methyl sites for hydroxylation is 1. The maximum Gasteiger partial charge on any atom is 0.224 e. The maximum atomic E-state index is 13.8. The number of para-hydroxylation sites is 2. The van der Waals surface area contributed by atoms with E-state index in [2.05, 4.69) is 10.3 Å². The zero-order valence-corrected chi connectivity index (χ0v) is 13.4. The van der Waals surface area contributed by atoms with Crippen LogP contribution in [0.2, 0.25) is 0 Å². The summed E-state index contributed by atoms with van der Waals surface area (Å²) in [5, 5.41) is 2.94. The van der Waals surface area contributed by atoms with Crippen LogP contribution in [0.15, 0.2) is 48.5 Å². The van der Waals surface area contributed by atoms with Crippen molar-refractivity contribution in [2.45, 2.75) is 18.9 Å². The third-order valence-corrected chi connectivity index (χ3v) is 4.73. The lowest BCUT2D eigenvalue weighted by molar-refractivity contribution is -0.122. The van der Waals surface area contributed by atoms with Gasteiger partial charge in [-0.25, -0.2) is 9.37 Å². The van der Waals surface area contributed by atoms with E-state index in [0.29, 0.717) is 18.5 Å². The van der Waals surface area contributed by atoms with Crippen LogP contribution in [0, 0.1) is 11.7 Å². The van der Waals surface area contributed by atoms with Crippen LogP contribution < -0.4 is 5.32 Å². The monoisotopic (exact) mass is 323 g/mol. The number of fused-ring (bicyclic) bond motifs is 1. The van der Waals surface area contributed by atoms with Crippen molar-refractivity contribution in [1.29, 1.82) is 0 Å². The zero-order valence-electron chi connectivity index (χ0n) is 13.4. The molecular weight excluding hydrogens is 305 g/mol. The molecule has 1 heterocycles. The Hall–Kier alpha value is -2.69. The number of hydrogen-bond donors (Lipinski definition) is 1. The summed E-state index contributed by atoms with van der Waals surface area (Å²) >= 11 is 0. The molecule has 0 bridgehead atoms. The van der Waals surface area contributed by atoms with E-state index in [-0.39, 0.29) is 23.6 Å². The van der Waals surface area contributed by atoms with Crippen molar-refractivity contribution in [2.24, 2.45) is 13.0 Å². The van der Waals surface area contributed by atoms with Crippen molar-refractivity contribution in [3.8, 4) is 0 Å². The number of rotatable bonds is 4. The van der Waals surface area contributed by atoms with Gasteiger partial charge in [0.05, 0.1) is 17.6 Å². The molecule has 0 spiro atoms. The molecule has 2 atom stereocenters. The second-order valence-electron chi connectivity index (χ2n) is 6.26. The smallest absolute Gasteiger partial charge is 0.224 e. The Morgan fingerprint density at radius 1 is 1.25 bits per heavy atom. The first-order valence-electron chi connectivity index (χ1n) is 8.07. The molecule has 0 radical (unpaired) electrons. The second-order valence-corrected chi connectivity index (χ2v) is 6.26. The van der Waals surface area contributed by atoms with Gasteiger partial charge in [0.25, 0.3) is 0 Å². The van der Waals surface area contributed by atoms with E-state index in [1.165, 1.54) is 6.07 Å². The first-order chi connectivity index (χ1) is 11.6. The Labute approximate surface area is 139 Å². The minimum absolute atomic E-state index is 0.00774. The number of aromatic nitrogens is 2. The molecule has 4 rings (SSSR count). The van der Waals surface area contributed by atoms with Gasteiger partial charge < -0.3 is 9.88 Å². The van der Waals surface area contributed by atoms with Crippen LogP contribution in [0.1, 0.15) is 23.7 Å². The summed E-state index contributed by atoms with van der Waals surface area (Å²) in [6, 6.07) is 14.6. The highest BCUT2D eigenvalue weighted by Gasteiger charge is 2.45. The molecule has 2 aromatic carbocycles. The molecule has 4 nitrogen and oxygen atoms in total. The summed E-state index contributed by atoms with van der Waals surface area (Å²) in [6.07, 6.45) is 0.704. The van der Waals surface area contributed by atoms with E-state index in [9.17, 15) is 9.18 Å². The lowest BCUT2D eigenvalue weighted by Crippen LogP contribution is -2.26. The molecule has 1 aliphatic carbocycles. The highest BCUT2D eigenvalue weighted by molar-refractivity contribution is 5.83. The SMILES string of the molecule is Cn1c(CNC(=O)C2CC2c2ccccc2F)nc2ccccc21. The third kappa shape index (κ3) is 2.56. The largest absolute Gasteiger partial charge is 0.349 e. The van der Waals surface area contributed by atoms with Gasteiger partial charge in [-0.3, -0.25) is 4.79 Å². The molecule has 122 valence electrons. The van der Waals surface area contributed by atoms with Crippen molar-refractivity contribution < 1.29 is 9.18 Å². The Morgan fingerprint density at radius 2 is 2.00 bits per heavy atom. The molecule has 2 unspecified atom stereocenters. The van der Waals surface area contributed by atoms with Gasteiger partial charge in [0, 0.05) is 13.0 Å². The van der Waals surface area contributed by atoms with Gasteiger partial charge >= 0.3 is 0 Å². The molecule has 3 aromatic rings. The van der Waals surface area contributed by atoms with Crippen LogP contribution in [-0.2, 0) is 18.4 Å². The summed E-state index contributed by atoms with van der Waals surface area (Å²) < 4.78 is 15.8. The Morgan fingerprint density at radius 3 is 2.79 bits per heavy atom. The van der Waals surface area contributed by atoms with Crippen molar-refractivity contribution in [3.63, 3.8) is 0 Å². The van der Waals surface area contributed by atoms with E-state index in [0.717, 1.165) is 16.9 Å². The second kappa shape index (κ2) is 5.74. The predicted octanol–water partition coefficient (Wildman–Crippen LogP) is 3.13. The van der Waals surface area contributed by atoms with Gasteiger partial charge in [-0.05, 0) is 36.1 Å². The van der Waals surface area contributed by atoms with Gasteiger partial charge in [0.15, 0.2) is 0 Å².